The molecule has 1 N–H and O–H groups in total. The van der Waals surface area contributed by atoms with Gasteiger partial charge in [0.15, 0.2) is 0 Å². The fourth-order valence-electron chi connectivity index (χ4n) is 2.69. The smallest absolute Gasteiger partial charge is 0.123 e. The number of hydrogen-bond donors (Lipinski definition) is 1. The van der Waals surface area contributed by atoms with Gasteiger partial charge in [0.1, 0.15) is 5.01 Å². The molecule has 2 aromatic rings. The molecule has 106 valence electrons. The summed E-state index contributed by atoms with van der Waals surface area (Å²) in [7, 11) is 0. The first-order valence-electron chi connectivity index (χ1n) is 7.12. The first-order chi connectivity index (χ1) is 9.72. The van der Waals surface area contributed by atoms with Crippen molar-refractivity contribution in [3.05, 3.63) is 41.4 Å². The maximum absolute atomic E-state index is 9.77. The highest BCUT2D eigenvalue weighted by Gasteiger charge is 2.24. The number of piperidine rings is 1. The van der Waals surface area contributed by atoms with Crippen molar-refractivity contribution < 1.29 is 5.11 Å². The van der Waals surface area contributed by atoms with Gasteiger partial charge in [-0.25, -0.2) is 4.98 Å². The zero-order valence-electron chi connectivity index (χ0n) is 11.7. The van der Waals surface area contributed by atoms with Gasteiger partial charge in [-0.15, -0.1) is 11.3 Å². The van der Waals surface area contributed by atoms with Gasteiger partial charge in [0.25, 0.3) is 0 Å². The summed E-state index contributed by atoms with van der Waals surface area (Å²) < 4.78 is 0. The van der Waals surface area contributed by atoms with Gasteiger partial charge in [0, 0.05) is 30.6 Å². The van der Waals surface area contributed by atoms with E-state index in [2.05, 4.69) is 29.3 Å². The molecular formula is C16H20N2OS. The van der Waals surface area contributed by atoms with Crippen LogP contribution in [0.1, 0.15) is 19.0 Å². The lowest BCUT2D eigenvalue weighted by molar-refractivity contribution is 0.0316. The summed E-state index contributed by atoms with van der Waals surface area (Å²) in [6.45, 7) is 4.93. The van der Waals surface area contributed by atoms with E-state index >= 15 is 0 Å². The maximum Gasteiger partial charge on any atom is 0.123 e. The highest BCUT2D eigenvalue weighted by Crippen LogP contribution is 2.25. The molecule has 2 unspecified atom stereocenters. The van der Waals surface area contributed by atoms with Crippen molar-refractivity contribution in [2.75, 3.05) is 13.1 Å². The molecule has 2 atom stereocenters. The molecule has 1 aliphatic heterocycles. The van der Waals surface area contributed by atoms with Crippen LogP contribution in [0.3, 0.4) is 0 Å². The van der Waals surface area contributed by atoms with Gasteiger partial charge in [0.2, 0.25) is 0 Å². The number of benzene rings is 1. The number of aromatic nitrogens is 1. The van der Waals surface area contributed by atoms with Gasteiger partial charge in [0.05, 0.1) is 11.8 Å². The minimum Gasteiger partial charge on any atom is -0.393 e. The molecule has 0 spiro atoms. The van der Waals surface area contributed by atoms with Crippen LogP contribution in [0.2, 0.25) is 0 Å². The second kappa shape index (κ2) is 6.04. The molecule has 1 fully saturated rings. The Morgan fingerprint density at radius 2 is 2.15 bits per heavy atom. The van der Waals surface area contributed by atoms with E-state index < -0.39 is 0 Å². The predicted octanol–water partition coefficient (Wildman–Crippen LogP) is 3.01. The topological polar surface area (TPSA) is 36.4 Å². The second-order valence-electron chi connectivity index (χ2n) is 5.58. The maximum atomic E-state index is 9.77. The Hall–Kier alpha value is -1.23. The molecule has 2 heterocycles. The number of likely N-dealkylation sites (tertiary alicyclic amines) is 1. The van der Waals surface area contributed by atoms with Crippen molar-refractivity contribution in [2.24, 2.45) is 5.92 Å². The number of rotatable bonds is 3. The summed E-state index contributed by atoms with van der Waals surface area (Å²) in [6.07, 6.45) is 0.734. The quantitative estimate of drug-likeness (QED) is 0.943. The van der Waals surface area contributed by atoms with Gasteiger partial charge in [-0.1, -0.05) is 37.3 Å². The molecule has 3 rings (SSSR count). The molecule has 0 saturated carbocycles. The largest absolute Gasteiger partial charge is 0.393 e. The number of aliphatic hydroxyl groups is 1. The lowest BCUT2D eigenvalue weighted by atomic mass is 9.97. The third-order valence-electron chi connectivity index (χ3n) is 3.90. The summed E-state index contributed by atoms with van der Waals surface area (Å²) >= 11 is 1.71. The molecular weight excluding hydrogens is 268 g/mol. The molecule has 0 radical (unpaired) electrons. The molecule has 20 heavy (non-hydrogen) atoms. The highest BCUT2D eigenvalue weighted by atomic mass is 32.1. The fraction of sp³-hybridized carbons (Fsp3) is 0.438. The van der Waals surface area contributed by atoms with Crippen LogP contribution in [0.4, 0.5) is 0 Å². The third kappa shape index (κ3) is 3.08. The molecule has 1 aromatic heterocycles. The van der Waals surface area contributed by atoms with Crippen molar-refractivity contribution in [1.29, 1.82) is 0 Å². The van der Waals surface area contributed by atoms with Crippen LogP contribution < -0.4 is 0 Å². The molecule has 0 amide bonds. The van der Waals surface area contributed by atoms with E-state index in [1.807, 2.05) is 18.2 Å². The molecule has 1 saturated heterocycles. The number of aliphatic hydroxyl groups excluding tert-OH is 1. The monoisotopic (exact) mass is 288 g/mol. The Morgan fingerprint density at radius 3 is 2.90 bits per heavy atom. The summed E-state index contributed by atoms with van der Waals surface area (Å²) in [4.78, 5) is 7.12. The zero-order valence-corrected chi connectivity index (χ0v) is 12.5. The van der Waals surface area contributed by atoms with Gasteiger partial charge in [-0.05, 0) is 12.3 Å². The summed E-state index contributed by atoms with van der Waals surface area (Å²) in [6, 6.07) is 10.3. The Kier molecular flexibility index (Phi) is 4.15. The van der Waals surface area contributed by atoms with E-state index in [1.54, 1.807) is 11.3 Å². The van der Waals surface area contributed by atoms with Crippen molar-refractivity contribution in [3.63, 3.8) is 0 Å². The van der Waals surface area contributed by atoms with Crippen molar-refractivity contribution >= 4 is 11.3 Å². The lowest BCUT2D eigenvalue weighted by Gasteiger charge is -2.33. The van der Waals surface area contributed by atoms with Crippen molar-refractivity contribution in [1.82, 2.24) is 9.88 Å². The second-order valence-corrected chi connectivity index (χ2v) is 6.44. The van der Waals surface area contributed by atoms with Gasteiger partial charge >= 0.3 is 0 Å². The number of nitrogens with zero attached hydrogens (tertiary/aromatic N) is 2. The van der Waals surface area contributed by atoms with E-state index in [4.69, 9.17) is 4.98 Å². The van der Waals surface area contributed by atoms with Crippen molar-refractivity contribution in [2.45, 2.75) is 26.0 Å². The Labute approximate surface area is 123 Å². The van der Waals surface area contributed by atoms with E-state index in [0.29, 0.717) is 5.92 Å². The van der Waals surface area contributed by atoms with Crippen LogP contribution in [-0.2, 0) is 6.54 Å². The average molecular weight is 288 g/mol. The normalized spacial score (nSPS) is 23.9. The van der Waals surface area contributed by atoms with E-state index in [-0.39, 0.29) is 6.10 Å². The average Bonchev–Trinajstić information content (AvgIpc) is 2.92. The molecule has 0 bridgehead atoms. The van der Waals surface area contributed by atoms with E-state index in [0.717, 1.165) is 36.8 Å². The SMILES string of the molecule is CC1CN(Cc2csc(-c3ccccc3)n2)CCC1O. The summed E-state index contributed by atoms with van der Waals surface area (Å²) in [5.41, 5.74) is 2.32. The molecule has 1 aromatic carbocycles. The van der Waals surface area contributed by atoms with E-state index in [1.165, 1.54) is 5.56 Å². The minimum absolute atomic E-state index is 0.137. The van der Waals surface area contributed by atoms with Crippen molar-refractivity contribution in [3.8, 4) is 10.6 Å². The van der Waals surface area contributed by atoms with Crippen LogP contribution in [0.15, 0.2) is 35.7 Å². The van der Waals surface area contributed by atoms with Crippen LogP contribution in [-0.4, -0.2) is 34.2 Å². The highest BCUT2D eigenvalue weighted by molar-refractivity contribution is 7.13. The minimum atomic E-state index is -0.137. The Bertz CT molecular complexity index is 555. The molecule has 4 heteroatoms. The van der Waals surface area contributed by atoms with Crippen LogP contribution in [0.25, 0.3) is 10.6 Å². The standard InChI is InChI=1S/C16H20N2OS/c1-12-9-18(8-7-15(12)19)10-14-11-20-16(17-14)13-5-3-2-4-6-13/h2-6,11-12,15,19H,7-10H2,1H3. The Morgan fingerprint density at radius 1 is 1.35 bits per heavy atom. The molecule has 1 aliphatic rings. The third-order valence-corrected chi connectivity index (χ3v) is 4.84. The number of thiazole rings is 1. The predicted molar refractivity (Wildman–Crippen MR) is 82.6 cm³/mol. The lowest BCUT2D eigenvalue weighted by Crippen LogP contribution is -2.41. The first kappa shape index (κ1) is 13.7. The first-order valence-corrected chi connectivity index (χ1v) is 8.00. The molecule has 3 nitrogen and oxygen atoms in total. The summed E-state index contributed by atoms with van der Waals surface area (Å²) in [5, 5.41) is 13.0. The van der Waals surface area contributed by atoms with Gasteiger partial charge < -0.3 is 5.11 Å². The molecule has 0 aliphatic carbocycles. The number of hydrogen-bond acceptors (Lipinski definition) is 4. The van der Waals surface area contributed by atoms with Gasteiger partial charge in [-0.3, -0.25) is 4.90 Å². The van der Waals surface area contributed by atoms with Crippen LogP contribution in [0.5, 0.6) is 0 Å². The van der Waals surface area contributed by atoms with Gasteiger partial charge in [-0.2, -0.15) is 0 Å². The fourth-order valence-corrected chi connectivity index (χ4v) is 3.50. The Balaban J connectivity index is 1.66. The van der Waals surface area contributed by atoms with E-state index in [9.17, 15) is 5.11 Å². The zero-order chi connectivity index (χ0) is 13.9. The van der Waals surface area contributed by atoms with Crippen LogP contribution in [0, 0.1) is 5.92 Å². The summed E-state index contributed by atoms with van der Waals surface area (Å²) in [5.74, 6) is 0.357. The van der Waals surface area contributed by atoms with Crippen LogP contribution >= 0.6 is 11.3 Å².